The molecule has 0 bridgehead atoms. The van der Waals surface area contributed by atoms with Gasteiger partial charge in [-0.3, -0.25) is 0 Å². The number of hydrogen-bond acceptors (Lipinski definition) is 2. The summed E-state index contributed by atoms with van der Waals surface area (Å²) in [6, 6.07) is 0. The number of nitrogens with one attached hydrogen (secondary N) is 2. The predicted molar refractivity (Wildman–Crippen MR) is 73.9 cm³/mol. The van der Waals surface area contributed by atoms with E-state index in [1.54, 1.807) is 0 Å². The van der Waals surface area contributed by atoms with Crippen LogP contribution in [0.1, 0.15) is 53.4 Å². The minimum atomic E-state index is 0.453. The fraction of sp³-hybridized carbons (Fsp3) is 1.00. The highest BCUT2D eigenvalue weighted by molar-refractivity contribution is 4.72. The molecule has 0 saturated carbocycles. The maximum absolute atomic E-state index is 3.60. The summed E-state index contributed by atoms with van der Waals surface area (Å²) < 4.78 is 0. The van der Waals surface area contributed by atoms with Crippen LogP contribution in [-0.4, -0.2) is 26.7 Å². The third-order valence-electron chi connectivity index (χ3n) is 3.11. The second-order valence-electron chi connectivity index (χ2n) is 5.92. The molecule has 0 radical (unpaired) electrons. The van der Waals surface area contributed by atoms with E-state index in [2.05, 4.69) is 38.3 Å². The lowest BCUT2D eigenvalue weighted by Crippen LogP contribution is -2.34. The molecule has 0 fully saturated rings. The van der Waals surface area contributed by atoms with E-state index < -0.39 is 0 Å². The maximum Gasteiger partial charge on any atom is 0.000264 e. The molecule has 0 saturated heterocycles. The van der Waals surface area contributed by atoms with Crippen LogP contribution in [0.2, 0.25) is 0 Å². The molecule has 1 atom stereocenters. The van der Waals surface area contributed by atoms with Gasteiger partial charge < -0.3 is 10.6 Å². The largest absolute Gasteiger partial charge is 0.319 e. The van der Waals surface area contributed by atoms with E-state index in [9.17, 15) is 0 Å². The summed E-state index contributed by atoms with van der Waals surface area (Å²) in [6.45, 7) is 12.7. The smallest absolute Gasteiger partial charge is 0.000264 e. The Labute approximate surface area is 103 Å². The number of rotatable bonds is 10. The van der Waals surface area contributed by atoms with Crippen molar-refractivity contribution in [2.45, 2.75) is 53.4 Å². The van der Waals surface area contributed by atoms with Crippen molar-refractivity contribution in [1.82, 2.24) is 10.6 Å². The van der Waals surface area contributed by atoms with E-state index in [1.165, 1.54) is 25.7 Å². The molecule has 0 rings (SSSR count). The standard InChI is InChI=1S/C14H32N2/c1-6-7-8-9-14(3,4)12-16-11-13(2)10-15-5/h13,15-16H,6-12H2,1-5H3. The van der Waals surface area contributed by atoms with Crippen LogP contribution in [0.5, 0.6) is 0 Å². The Morgan fingerprint density at radius 1 is 1.12 bits per heavy atom. The van der Waals surface area contributed by atoms with Crippen LogP contribution in [0.25, 0.3) is 0 Å². The summed E-state index contributed by atoms with van der Waals surface area (Å²) in [5.74, 6) is 0.719. The van der Waals surface area contributed by atoms with Gasteiger partial charge in [-0.2, -0.15) is 0 Å². The number of unbranched alkanes of at least 4 members (excludes halogenated alkanes) is 2. The van der Waals surface area contributed by atoms with Gasteiger partial charge >= 0.3 is 0 Å². The maximum atomic E-state index is 3.60. The van der Waals surface area contributed by atoms with Gasteiger partial charge in [-0.15, -0.1) is 0 Å². The molecule has 0 heterocycles. The minimum Gasteiger partial charge on any atom is -0.319 e. The summed E-state index contributed by atoms with van der Waals surface area (Å²) in [4.78, 5) is 0. The van der Waals surface area contributed by atoms with Gasteiger partial charge in [-0.25, -0.2) is 0 Å². The Balaban J connectivity index is 3.56. The van der Waals surface area contributed by atoms with Gasteiger partial charge in [0.1, 0.15) is 0 Å². The predicted octanol–water partition coefficient (Wildman–Crippen LogP) is 3.04. The highest BCUT2D eigenvalue weighted by Gasteiger charge is 2.16. The quantitative estimate of drug-likeness (QED) is 0.562. The highest BCUT2D eigenvalue weighted by Crippen LogP contribution is 2.22. The van der Waals surface area contributed by atoms with Crippen LogP contribution in [0.15, 0.2) is 0 Å². The lowest BCUT2D eigenvalue weighted by atomic mass is 9.87. The van der Waals surface area contributed by atoms with Gasteiger partial charge in [-0.05, 0) is 37.9 Å². The van der Waals surface area contributed by atoms with Gasteiger partial charge in [-0.1, -0.05) is 47.0 Å². The topological polar surface area (TPSA) is 24.1 Å². The average Bonchev–Trinajstić information content (AvgIpc) is 2.18. The molecular formula is C14H32N2. The van der Waals surface area contributed by atoms with E-state index in [-0.39, 0.29) is 0 Å². The molecule has 0 aromatic rings. The van der Waals surface area contributed by atoms with E-state index in [0.29, 0.717) is 5.41 Å². The molecule has 0 aliphatic heterocycles. The molecule has 0 aromatic carbocycles. The number of hydrogen-bond donors (Lipinski definition) is 2. The molecule has 0 amide bonds. The van der Waals surface area contributed by atoms with Crippen LogP contribution in [0.3, 0.4) is 0 Å². The molecule has 98 valence electrons. The summed E-state index contributed by atoms with van der Waals surface area (Å²) >= 11 is 0. The first kappa shape index (κ1) is 15.9. The Kier molecular flexibility index (Phi) is 8.96. The SMILES string of the molecule is CCCCCC(C)(C)CNCC(C)CNC. The van der Waals surface area contributed by atoms with Crippen LogP contribution in [0, 0.1) is 11.3 Å². The summed E-state index contributed by atoms with van der Waals surface area (Å²) in [5, 5.41) is 6.81. The van der Waals surface area contributed by atoms with Crippen LogP contribution < -0.4 is 10.6 Å². The monoisotopic (exact) mass is 228 g/mol. The third kappa shape index (κ3) is 9.17. The first-order valence-corrected chi connectivity index (χ1v) is 6.87. The summed E-state index contributed by atoms with van der Waals surface area (Å²) in [7, 11) is 2.02. The molecule has 0 spiro atoms. The summed E-state index contributed by atoms with van der Waals surface area (Å²) in [6.07, 6.45) is 5.41. The van der Waals surface area contributed by atoms with Crippen LogP contribution in [0.4, 0.5) is 0 Å². The molecule has 0 aliphatic rings. The first-order valence-electron chi connectivity index (χ1n) is 6.87. The Morgan fingerprint density at radius 2 is 1.81 bits per heavy atom. The van der Waals surface area contributed by atoms with Gasteiger partial charge in [0.2, 0.25) is 0 Å². The van der Waals surface area contributed by atoms with Crippen molar-refractivity contribution < 1.29 is 0 Å². The zero-order chi connectivity index (χ0) is 12.4. The van der Waals surface area contributed by atoms with Gasteiger partial charge in [0.05, 0.1) is 0 Å². The Bertz CT molecular complexity index is 155. The van der Waals surface area contributed by atoms with Crippen molar-refractivity contribution in [1.29, 1.82) is 0 Å². The van der Waals surface area contributed by atoms with E-state index in [0.717, 1.165) is 25.6 Å². The van der Waals surface area contributed by atoms with E-state index >= 15 is 0 Å². The lowest BCUT2D eigenvalue weighted by molar-refractivity contribution is 0.294. The molecule has 16 heavy (non-hydrogen) atoms. The Morgan fingerprint density at radius 3 is 2.38 bits per heavy atom. The Hall–Kier alpha value is -0.0800. The second-order valence-corrected chi connectivity index (χ2v) is 5.92. The molecule has 0 aromatic heterocycles. The zero-order valence-corrected chi connectivity index (χ0v) is 12.0. The molecule has 2 N–H and O–H groups in total. The summed E-state index contributed by atoms with van der Waals surface area (Å²) in [5.41, 5.74) is 0.453. The van der Waals surface area contributed by atoms with Crippen molar-refractivity contribution in [3.05, 3.63) is 0 Å². The zero-order valence-electron chi connectivity index (χ0n) is 12.0. The first-order chi connectivity index (χ1) is 7.52. The van der Waals surface area contributed by atoms with Crippen molar-refractivity contribution in [2.24, 2.45) is 11.3 Å². The molecule has 1 unspecified atom stereocenters. The van der Waals surface area contributed by atoms with Crippen LogP contribution in [-0.2, 0) is 0 Å². The fourth-order valence-corrected chi connectivity index (χ4v) is 2.02. The average molecular weight is 228 g/mol. The van der Waals surface area contributed by atoms with Gasteiger partial charge in [0.25, 0.3) is 0 Å². The normalized spacial score (nSPS) is 14.1. The molecule has 0 aliphatic carbocycles. The van der Waals surface area contributed by atoms with Crippen molar-refractivity contribution in [2.75, 3.05) is 26.7 Å². The van der Waals surface area contributed by atoms with Gasteiger partial charge in [0, 0.05) is 6.54 Å². The molecule has 2 nitrogen and oxygen atoms in total. The van der Waals surface area contributed by atoms with Crippen molar-refractivity contribution >= 4 is 0 Å². The third-order valence-corrected chi connectivity index (χ3v) is 3.11. The van der Waals surface area contributed by atoms with Gasteiger partial charge in [0.15, 0.2) is 0 Å². The minimum absolute atomic E-state index is 0.453. The second kappa shape index (κ2) is 9.00. The molecule has 2 heteroatoms. The fourth-order valence-electron chi connectivity index (χ4n) is 2.02. The van der Waals surface area contributed by atoms with Crippen molar-refractivity contribution in [3.8, 4) is 0 Å². The van der Waals surface area contributed by atoms with Crippen molar-refractivity contribution in [3.63, 3.8) is 0 Å². The molecular weight excluding hydrogens is 196 g/mol. The van der Waals surface area contributed by atoms with E-state index in [4.69, 9.17) is 0 Å². The van der Waals surface area contributed by atoms with E-state index in [1.807, 2.05) is 7.05 Å². The highest BCUT2D eigenvalue weighted by atomic mass is 14.9. The van der Waals surface area contributed by atoms with Crippen LogP contribution >= 0.6 is 0 Å². The lowest BCUT2D eigenvalue weighted by Gasteiger charge is -2.26.